The number of benzene rings is 1. The van der Waals surface area contributed by atoms with Gasteiger partial charge in [-0.1, -0.05) is 31.5 Å². The number of amides is 1. The zero-order valence-electron chi connectivity index (χ0n) is 16.2. The van der Waals surface area contributed by atoms with Crippen molar-refractivity contribution >= 4 is 17.4 Å². The molecule has 0 aliphatic heterocycles. The van der Waals surface area contributed by atoms with Gasteiger partial charge in [0.1, 0.15) is 11.6 Å². The lowest BCUT2D eigenvalue weighted by Gasteiger charge is -2.25. The number of nitrogens with zero attached hydrogens (tertiary/aromatic N) is 2. The fourth-order valence-electron chi connectivity index (χ4n) is 3.20. The summed E-state index contributed by atoms with van der Waals surface area (Å²) in [5.41, 5.74) is 5.79. The minimum atomic E-state index is -0.654. The van der Waals surface area contributed by atoms with Crippen LogP contribution in [-0.2, 0) is 17.9 Å². The van der Waals surface area contributed by atoms with E-state index in [0.717, 1.165) is 31.2 Å². The van der Waals surface area contributed by atoms with E-state index in [2.05, 4.69) is 4.98 Å². The van der Waals surface area contributed by atoms with Gasteiger partial charge in [0, 0.05) is 18.0 Å². The monoisotopic (exact) mass is 386 g/mol. The number of nitrogens with one attached hydrogen (secondary N) is 1. The molecule has 1 aliphatic carbocycles. The minimum Gasteiger partial charge on any atom is -0.496 e. The number of hydrogen-bond acceptors (Lipinski definition) is 5. The molecule has 1 fully saturated rings. The zero-order chi connectivity index (χ0) is 20.3. The second-order valence-corrected chi connectivity index (χ2v) is 7.01. The Morgan fingerprint density at radius 3 is 2.68 bits per heavy atom. The van der Waals surface area contributed by atoms with Gasteiger partial charge in [-0.2, -0.15) is 0 Å². The molecule has 2 aromatic rings. The van der Waals surface area contributed by atoms with Crippen LogP contribution in [-0.4, -0.2) is 22.6 Å². The van der Waals surface area contributed by atoms with Gasteiger partial charge in [0.15, 0.2) is 5.69 Å². The van der Waals surface area contributed by atoms with E-state index in [0.29, 0.717) is 12.3 Å². The first-order chi connectivity index (χ1) is 13.5. The number of carbonyl (C=O) groups excluding carboxylic acids is 1. The molecule has 1 aromatic heterocycles. The highest BCUT2D eigenvalue weighted by Crippen LogP contribution is 2.34. The molecule has 0 unspecified atom stereocenters. The molecule has 0 bridgehead atoms. The number of aromatic amines is 1. The Bertz CT molecular complexity index is 975. The predicted molar refractivity (Wildman–Crippen MR) is 108 cm³/mol. The average Bonchev–Trinajstić information content (AvgIpc) is 3.52. The van der Waals surface area contributed by atoms with Gasteiger partial charge in [-0.3, -0.25) is 24.0 Å². The van der Waals surface area contributed by atoms with Crippen LogP contribution in [0.15, 0.2) is 33.9 Å². The third-order valence-corrected chi connectivity index (χ3v) is 4.93. The first-order valence-corrected chi connectivity index (χ1v) is 9.53. The van der Waals surface area contributed by atoms with Crippen molar-refractivity contribution in [2.75, 3.05) is 17.7 Å². The highest BCUT2D eigenvalue weighted by Gasteiger charge is 2.36. The first kappa shape index (κ1) is 19.7. The topological polar surface area (TPSA) is 110 Å². The van der Waals surface area contributed by atoms with Crippen molar-refractivity contribution in [1.82, 2.24) is 9.55 Å². The summed E-state index contributed by atoms with van der Waals surface area (Å²) in [4.78, 5) is 41.6. The van der Waals surface area contributed by atoms with Crippen LogP contribution < -0.4 is 26.6 Å². The number of rotatable bonds is 8. The molecule has 0 spiro atoms. The van der Waals surface area contributed by atoms with Crippen LogP contribution in [0.3, 0.4) is 0 Å². The third-order valence-electron chi connectivity index (χ3n) is 4.93. The van der Waals surface area contributed by atoms with Crippen molar-refractivity contribution < 1.29 is 9.53 Å². The highest BCUT2D eigenvalue weighted by atomic mass is 16.5. The summed E-state index contributed by atoms with van der Waals surface area (Å²) in [5.74, 6) is 0.352. The zero-order valence-corrected chi connectivity index (χ0v) is 16.2. The fourth-order valence-corrected chi connectivity index (χ4v) is 3.20. The standard InChI is InChI=1S/C20H26N4O4/c1-3-4-11-23-17(21)16(18(25)22-20(23)27)24(19(26)13-9-10-13)12-14-7-5-6-8-15(14)28-2/h5-8,13H,3-4,9-12,21H2,1-2H3,(H,22,25,27). The van der Waals surface area contributed by atoms with Crippen molar-refractivity contribution in [2.24, 2.45) is 5.92 Å². The molecular formula is C20H26N4O4. The summed E-state index contributed by atoms with van der Waals surface area (Å²) in [6.45, 7) is 2.52. The van der Waals surface area contributed by atoms with E-state index in [-0.39, 0.29) is 29.9 Å². The van der Waals surface area contributed by atoms with Gasteiger partial charge in [-0.25, -0.2) is 4.79 Å². The maximum absolute atomic E-state index is 13.0. The second-order valence-electron chi connectivity index (χ2n) is 7.01. The molecule has 1 saturated carbocycles. The Hall–Kier alpha value is -3.03. The molecule has 8 heteroatoms. The number of methoxy groups -OCH3 is 1. The lowest BCUT2D eigenvalue weighted by molar-refractivity contribution is -0.119. The van der Waals surface area contributed by atoms with Gasteiger partial charge in [-0.15, -0.1) is 0 Å². The summed E-state index contributed by atoms with van der Waals surface area (Å²) in [5, 5.41) is 0. The number of H-pyrrole nitrogens is 1. The van der Waals surface area contributed by atoms with E-state index in [1.807, 2.05) is 25.1 Å². The van der Waals surface area contributed by atoms with E-state index in [4.69, 9.17) is 10.5 Å². The molecule has 0 radical (unpaired) electrons. The predicted octanol–water partition coefficient (Wildman–Crippen LogP) is 1.87. The average molecular weight is 386 g/mol. The van der Waals surface area contributed by atoms with Crippen molar-refractivity contribution in [1.29, 1.82) is 0 Å². The molecular weight excluding hydrogens is 360 g/mol. The molecule has 1 heterocycles. The van der Waals surface area contributed by atoms with Gasteiger partial charge in [-0.05, 0) is 25.3 Å². The van der Waals surface area contributed by atoms with Crippen molar-refractivity contribution in [3.05, 3.63) is 50.7 Å². The van der Waals surface area contributed by atoms with Gasteiger partial charge in [0.2, 0.25) is 5.91 Å². The Morgan fingerprint density at radius 1 is 1.32 bits per heavy atom. The quantitative estimate of drug-likeness (QED) is 0.720. The fraction of sp³-hybridized carbons (Fsp3) is 0.450. The van der Waals surface area contributed by atoms with Crippen LogP contribution in [0, 0.1) is 5.92 Å². The minimum absolute atomic E-state index is 0.0195. The summed E-state index contributed by atoms with van der Waals surface area (Å²) in [6.07, 6.45) is 3.17. The van der Waals surface area contributed by atoms with Gasteiger partial charge in [0.05, 0.1) is 13.7 Å². The molecule has 3 N–H and O–H groups in total. The molecule has 3 rings (SSSR count). The van der Waals surface area contributed by atoms with E-state index in [1.165, 1.54) is 9.47 Å². The van der Waals surface area contributed by atoms with Gasteiger partial charge >= 0.3 is 5.69 Å². The maximum Gasteiger partial charge on any atom is 0.330 e. The summed E-state index contributed by atoms with van der Waals surface area (Å²) < 4.78 is 6.71. The number of hydrogen-bond donors (Lipinski definition) is 2. The van der Waals surface area contributed by atoms with Crippen molar-refractivity contribution in [3.8, 4) is 5.75 Å². The molecule has 1 amide bonds. The van der Waals surface area contributed by atoms with Crippen LogP contribution in [0.2, 0.25) is 0 Å². The lowest BCUT2D eigenvalue weighted by atomic mass is 10.1. The number of nitrogens with two attached hydrogens (primary N) is 1. The molecule has 150 valence electrons. The number of ether oxygens (including phenoxy) is 1. The number of anilines is 2. The summed E-state index contributed by atoms with van der Waals surface area (Å²) in [7, 11) is 1.55. The maximum atomic E-state index is 13.0. The van der Waals surface area contributed by atoms with Crippen LogP contribution in [0.25, 0.3) is 0 Å². The lowest BCUT2D eigenvalue weighted by Crippen LogP contribution is -2.41. The number of aromatic nitrogens is 2. The summed E-state index contributed by atoms with van der Waals surface area (Å²) in [6, 6.07) is 7.31. The largest absolute Gasteiger partial charge is 0.496 e. The molecule has 28 heavy (non-hydrogen) atoms. The molecule has 8 nitrogen and oxygen atoms in total. The molecule has 0 atom stereocenters. The van der Waals surface area contributed by atoms with Crippen LogP contribution >= 0.6 is 0 Å². The van der Waals surface area contributed by atoms with E-state index in [9.17, 15) is 14.4 Å². The highest BCUT2D eigenvalue weighted by molar-refractivity contribution is 5.98. The van der Waals surface area contributed by atoms with Crippen molar-refractivity contribution in [2.45, 2.75) is 45.7 Å². The number of unbranched alkanes of at least 4 members (excludes halogenated alkanes) is 1. The molecule has 0 saturated heterocycles. The van der Waals surface area contributed by atoms with E-state index >= 15 is 0 Å². The second kappa shape index (κ2) is 8.33. The Balaban J connectivity index is 2.09. The molecule has 1 aliphatic rings. The SMILES string of the molecule is CCCCn1c(N)c(N(Cc2ccccc2OC)C(=O)C2CC2)c(=O)[nH]c1=O. The third kappa shape index (κ3) is 3.95. The Kier molecular flexibility index (Phi) is 5.87. The van der Waals surface area contributed by atoms with Gasteiger partial charge in [0.25, 0.3) is 5.56 Å². The molecule has 1 aromatic carbocycles. The van der Waals surface area contributed by atoms with E-state index in [1.54, 1.807) is 13.2 Å². The summed E-state index contributed by atoms with van der Waals surface area (Å²) >= 11 is 0. The van der Waals surface area contributed by atoms with E-state index < -0.39 is 11.2 Å². The Morgan fingerprint density at radius 2 is 2.04 bits per heavy atom. The van der Waals surface area contributed by atoms with Crippen LogP contribution in [0.5, 0.6) is 5.75 Å². The number of para-hydroxylation sites is 1. The smallest absolute Gasteiger partial charge is 0.330 e. The Labute approximate surface area is 162 Å². The van der Waals surface area contributed by atoms with Gasteiger partial charge < -0.3 is 10.5 Å². The number of nitrogen functional groups attached to an aromatic ring is 1. The first-order valence-electron chi connectivity index (χ1n) is 9.53. The van der Waals surface area contributed by atoms with Crippen molar-refractivity contribution in [3.63, 3.8) is 0 Å². The van der Waals surface area contributed by atoms with Crippen LogP contribution in [0.1, 0.15) is 38.2 Å². The normalized spacial score (nSPS) is 13.4. The van der Waals surface area contributed by atoms with Crippen LogP contribution in [0.4, 0.5) is 11.5 Å². The number of carbonyl (C=O) groups is 1.